The SMILES string of the molecule is CCOc1ccc(NC(=O)COC(=O)COc2ccccc2C)cc1. The summed E-state index contributed by atoms with van der Waals surface area (Å²) in [5.41, 5.74) is 1.52. The first-order valence-corrected chi connectivity index (χ1v) is 7.95. The van der Waals surface area contributed by atoms with Gasteiger partial charge in [-0.25, -0.2) is 4.79 Å². The molecule has 2 rings (SSSR count). The zero-order chi connectivity index (χ0) is 18.1. The lowest BCUT2D eigenvalue weighted by atomic mass is 10.2. The molecule has 0 aliphatic heterocycles. The lowest BCUT2D eigenvalue weighted by molar-refractivity contribution is -0.149. The van der Waals surface area contributed by atoms with E-state index in [9.17, 15) is 9.59 Å². The van der Waals surface area contributed by atoms with E-state index in [4.69, 9.17) is 14.2 Å². The Morgan fingerprint density at radius 3 is 2.36 bits per heavy atom. The second-order valence-electron chi connectivity index (χ2n) is 5.22. The monoisotopic (exact) mass is 343 g/mol. The number of carbonyl (C=O) groups excluding carboxylic acids is 2. The number of hydrogen-bond acceptors (Lipinski definition) is 5. The fourth-order valence-corrected chi connectivity index (χ4v) is 2.04. The number of esters is 1. The lowest BCUT2D eigenvalue weighted by Gasteiger charge is -2.09. The fraction of sp³-hybridized carbons (Fsp3) is 0.263. The maximum Gasteiger partial charge on any atom is 0.344 e. The molecule has 2 aromatic carbocycles. The first-order chi connectivity index (χ1) is 12.1. The quantitative estimate of drug-likeness (QED) is 0.746. The minimum absolute atomic E-state index is 0.249. The van der Waals surface area contributed by atoms with Gasteiger partial charge in [-0.1, -0.05) is 18.2 Å². The third-order valence-corrected chi connectivity index (χ3v) is 3.25. The van der Waals surface area contributed by atoms with Crippen LogP contribution in [0.15, 0.2) is 48.5 Å². The van der Waals surface area contributed by atoms with Gasteiger partial charge >= 0.3 is 5.97 Å². The normalized spacial score (nSPS) is 10.0. The molecule has 0 aliphatic rings. The molecule has 0 fully saturated rings. The van der Waals surface area contributed by atoms with E-state index in [0.717, 1.165) is 11.3 Å². The number of para-hydroxylation sites is 1. The van der Waals surface area contributed by atoms with E-state index in [2.05, 4.69) is 5.32 Å². The first kappa shape index (κ1) is 18.3. The van der Waals surface area contributed by atoms with Crippen molar-refractivity contribution in [2.45, 2.75) is 13.8 Å². The van der Waals surface area contributed by atoms with Crippen molar-refractivity contribution in [2.75, 3.05) is 25.1 Å². The van der Waals surface area contributed by atoms with Crippen LogP contribution in [0.25, 0.3) is 0 Å². The Balaban J connectivity index is 1.72. The van der Waals surface area contributed by atoms with E-state index >= 15 is 0 Å². The van der Waals surface area contributed by atoms with Gasteiger partial charge in [0, 0.05) is 5.69 Å². The van der Waals surface area contributed by atoms with Gasteiger partial charge in [0.1, 0.15) is 11.5 Å². The molecule has 1 amide bonds. The standard InChI is InChI=1S/C19H21NO5/c1-3-23-16-10-8-15(9-11-16)20-18(21)12-25-19(22)13-24-17-7-5-4-6-14(17)2/h4-11H,3,12-13H2,1-2H3,(H,20,21). The lowest BCUT2D eigenvalue weighted by Crippen LogP contribution is -2.23. The molecule has 0 unspecified atom stereocenters. The Labute approximate surface area is 146 Å². The molecular weight excluding hydrogens is 322 g/mol. The number of benzene rings is 2. The van der Waals surface area contributed by atoms with Crippen molar-refractivity contribution in [3.63, 3.8) is 0 Å². The predicted octanol–water partition coefficient (Wildman–Crippen LogP) is 2.95. The highest BCUT2D eigenvalue weighted by Gasteiger charge is 2.09. The molecular formula is C19H21NO5. The van der Waals surface area contributed by atoms with Crippen LogP contribution in [0, 0.1) is 6.92 Å². The summed E-state index contributed by atoms with van der Waals surface area (Å²) >= 11 is 0. The molecule has 6 heteroatoms. The smallest absolute Gasteiger partial charge is 0.344 e. The van der Waals surface area contributed by atoms with Crippen LogP contribution in [0.3, 0.4) is 0 Å². The van der Waals surface area contributed by atoms with Crippen molar-refractivity contribution in [1.82, 2.24) is 0 Å². The zero-order valence-corrected chi connectivity index (χ0v) is 14.3. The van der Waals surface area contributed by atoms with Gasteiger partial charge in [0.2, 0.25) is 0 Å². The predicted molar refractivity (Wildman–Crippen MR) is 93.9 cm³/mol. The number of nitrogens with one attached hydrogen (secondary N) is 1. The minimum atomic E-state index is -0.606. The van der Waals surface area contributed by atoms with E-state index in [1.54, 1.807) is 30.3 Å². The van der Waals surface area contributed by atoms with E-state index in [-0.39, 0.29) is 13.2 Å². The van der Waals surface area contributed by atoms with Gasteiger partial charge in [-0.05, 0) is 49.7 Å². The Morgan fingerprint density at radius 1 is 0.960 bits per heavy atom. The summed E-state index contributed by atoms with van der Waals surface area (Å²) in [5.74, 6) is 0.303. The molecule has 0 spiro atoms. The Kier molecular flexibility index (Phi) is 6.83. The van der Waals surface area contributed by atoms with Gasteiger partial charge in [-0.2, -0.15) is 0 Å². The number of rotatable bonds is 8. The van der Waals surface area contributed by atoms with Gasteiger partial charge in [0.05, 0.1) is 6.61 Å². The van der Waals surface area contributed by atoms with E-state index in [0.29, 0.717) is 18.0 Å². The summed E-state index contributed by atoms with van der Waals surface area (Å²) in [7, 11) is 0. The number of hydrogen-bond donors (Lipinski definition) is 1. The van der Waals surface area contributed by atoms with Crippen LogP contribution in [-0.2, 0) is 14.3 Å². The van der Waals surface area contributed by atoms with Gasteiger partial charge in [-0.15, -0.1) is 0 Å². The molecule has 25 heavy (non-hydrogen) atoms. The molecule has 0 saturated carbocycles. The minimum Gasteiger partial charge on any atom is -0.494 e. The maximum atomic E-state index is 11.8. The second kappa shape index (κ2) is 9.32. The van der Waals surface area contributed by atoms with Crippen molar-refractivity contribution in [3.05, 3.63) is 54.1 Å². The van der Waals surface area contributed by atoms with E-state index < -0.39 is 11.9 Å². The number of anilines is 1. The van der Waals surface area contributed by atoms with Gasteiger partial charge in [0.25, 0.3) is 5.91 Å². The second-order valence-corrected chi connectivity index (χ2v) is 5.22. The van der Waals surface area contributed by atoms with E-state index in [1.807, 2.05) is 32.0 Å². The topological polar surface area (TPSA) is 73.9 Å². The molecule has 1 N–H and O–H groups in total. The number of aryl methyl sites for hydroxylation is 1. The first-order valence-electron chi connectivity index (χ1n) is 7.95. The molecule has 0 heterocycles. The number of carbonyl (C=O) groups is 2. The third-order valence-electron chi connectivity index (χ3n) is 3.25. The number of amides is 1. The Hall–Kier alpha value is -3.02. The summed E-state index contributed by atoms with van der Waals surface area (Å²) in [4.78, 5) is 23.5. The maximum absolute atomic E-state index is 11.8. The van der Waals surface area contributed by atoms with Crippen LogP contribution in [0.2, 0.25) is 0 Å². The van der Waals surface area contributed by atoms with Crippen molar-refractivity contribution in [2.24, 2.45) is 0 Å². The average molecular weight is 343 g/mol. The molecule has 6 nitrogen and oxygen atoms in total. The van der Waals surface area contributed by atoms with E-state index in [1.165, 1.54) is 0 Å². The van der Waals surface area contributed by atoms with Crippen LogP contribution in [0.1, 0.15) is 12.5 Å². The third kappa shape index (κ3) is 6.18. The van der Waals surface area contributed by atoms with Gasteiger partial charge in [0.15, 0.2) is 13.2 Å². The molecule has 0 radical (unpaired) electrons. The molecule has 132 valence electrons. The highest BCUT2D eigenvalue weighted by atomic mass is 16.6. The summed E-state index contributed by atoms with van der Waals surface area (Å²) in [5, 5.41) is 2.64. The van der Waals surface area contributed by atoms with Crippen LogP contribution in [0.4, 0.5) is 5.69 Å². The van der Waals surface area contributed by atoms with Gasteiger partial charge in [-0.3, -0.25) is 4.79 Å². The highest BCUT2D eigenvalue weighted by Crippen LogP contribution is 2.16. The van der Waals surface area contributed by atoms with Crippen LogP contribution >= 0.6 is 0 Å². The van der Waals surface area contributed by atoms with Crippen molar-refractivity contribution in [1.29, 1.82) is 0 Å². The van der Waals surface area contributed by atoms with Crippen molar-refractivity contribution >= 4 is 17.6 Å². The fourth-order valence-electron chi connectivity index (χ4n) is 2.04. The Bertz CT molecular complexity index is 712. The van der Waals surface area contributed by atoms with Gasteiger partial charge < -0.3 is 19.5 Å². The van der Waals surface area contributed by atoms with Crippen molar-refractivity contribution in [3.8, 4) is 11.5 Å². The molecule has 0 bridgehead atoms. The van der Waals surface area contributed by atoms with Crippen LogP contribution in [-0.4, -0.2) is 31.7 Å². The van der Waals surface area contributed by atoms with Crippen molar-refractivity contribution < 1.29 is 23.8 Å². The largest absolute Gasteiger partial charge is 0.494 e. The summed E-state index contributed by atoms with van der Waals surface area (Å²) in [6, 6.07) is 14.3. The molecule has 0 aliphatic carbocycles. The number of ether oxygens (including phenoxy) is 3. The highest BCUT2D eigenvalue weighted by molar-refractivity contribution is 5.92. The van der Waals surface area contributed by atoms with Crippen LogP contribution < -0.4 is 14.8 Å². The Morgan fingerprint density at radius 2 is 1.68 bits per heavy atom. The summed E-state index contributed by atoms with van der Waals surface area (Å²) in [6.45, 7) is 3.73. The average Bonchev–Trinajstić information content (AvgIpc) is 2.61. The molecule has 0 aromatic heterocycles. The molecule has 2 aromatic rings. The summed E-state index contributed by atoms with van der Waals surface area (Å²) < 4.78 is 15.6. The van der Waals surface area contributed by atoms with Crippen LogP contribution in [0.5, 0.6) is 11.5 Å². The molecule has 0 saturated heterocycles. The summed E-state index contributed by atoms with van der Waals surface area (Å²) in [6.07, 6.45) is 0. The molecule has 0 atom stereocenters. The zero-order valence-electron chi connectivity index (χ0n) is 14.3.